The minimum atomic E-state index is 1.03. The molecule has 1 aliphatic carbocycles. The summed E-state index contributed by atoms with van der Waals surface area (Å²) < 4.78 is 0. The van der Waals surface area contributed by atoms with Gasteiger partial charge < -0.3 is 0 Å². The van der Waals surface area contributed by atoms with Gasteiger partial charge in [-0.25, -0.2) is 0 Å². The zero-order valence-electron chi connectivity index (χ0n) is 7.38. The standard InChI is InChI=1S/C11H13N/c1-9-4-2-5-10-6-3-7-12-11(10)8-9/h2,4-5,7H,3,6,8H2,1H3. The molecule has 0 aromatic rings. The van der Waals surface area contributed by atoms with E-state index in [1.54, 1.807) is 0 Å². The van der Waals surface area contributed by atoms with Crippen molar-refractivity contribution >= 4 is 6.21 Å². The lowest BCUT2D eigenvalue weighted by atomic mass is 10.0. The van der Waals surface area contributed by atoms with Gasteiger partial charge in [-0.3, -0.25) is 4.99 Å². The molecule has 2 rings (SSSR count). The van der Waals surface area contributed by atoms with E-state index in [1.807, 2.05) is 6.21 Å². The van der Waals surface area contributed by atoms with Gasteiger partial charge in [0.1, 0.15) is 0 Å². The van der Waals surface area contributed by atoms with Gasteiger partial charge in [0.15, 0.2) is 0 Å². The molecule has 0 spiro atoms. The third-order valence-corrected chi connectivity index (χ3v) is 2.29. The summed E-state index contributed by atoms with van der Waals surface area (Å²) in [6.07, 6.45) is 11.8. The van der Waals surface area contributed by atoms with Gasteiger partial charge in [0.25, 0.3) is 0 Å². The predicted molar refractivity (Wildman–Crippen MR) is 52.3 cm³/mol. The normalized spacial score (nSPS) is 21.9. The van der Waals surface area contributed by atoms with E-state index in [0.717, 1.165) is 19.3 Å². The van der Waals surface area contributed by atoms with E-state index in [2.05, 4.69) is 30.1 Å². The number of hydrogen-bond donors (Lipinski definition) is 0. The van der Waals surface area contributed by atoms with Crippen LogP contribution in [-0.2, 0) is 0 Å². The van der Waals surface area contributed by atoms with Crippen LogP contribution < -0.4 is 0 Å². The Morgan fingerprint density at radius 1 is 1.42 bits per heavy atom. The summed E-state index contributed by atoms with van der Waals surface area (Å²) >= 11 is 0. The second-order valence-electron chi connectivity index (χ2n) is 3.37. The maximum Gasteiger partial charge on any atom is 0.0472 e. The molecule has 0 radical (unpaired) electrons. The molecule has 0 atom stereocenters. The summed E-state index contributed by atoms with van der Waals surface area (Å²) in [7, 11) is 0. The summed E-state index contributed by atoms with van der Waals surface area (Å²) in [6.45, 7) is 2.16. The lowest BCUT2D eigenvalue weighted by Crippen LogP contribution is -1.95. The SMILES string of the molecule is CC1=CC=CC2=C(C1)N=CCC2. The van der Waals surface area contributed by atoms with E-state index in [-0.39, 0.29) is 0 Å². The molecule has 2 aliphatic rings. The number of allylic oxidation sites excluding steroid dienone is 5. The zero-order chi connectivity index (χ0) is 8.39. The van der Waals surface area contributed by atoms with Gasteiger partial charge in [-0.05, 0) is 25.3 Å². The zero-order valence-corrected chi connectivity index (χ0v) is 7.38. The smallest absolute Gasteiger partial charge is 0.0472 e. The minimum absolute atomic E-state index is 1.03. The average molecular weight is 159 g/mol. The van der Waals surface area contributed by atoms with Crippen LogP contribution in [0.5, 0.6) is 0 Å². The van der Waals surface area contributed by atoms with Crippen molar-refractivity contribution in [3.05, 3.63) is 35.1 Å². The number of aliphatic imine (C=N–C) groups is 1. The van der Waals surface area contributed by atoms with Gasteiger partial charge in [-0.1, -0.05) is 23.8 Å². The van der Waals surface area contributed by atoms with Gasteiger partial charge in [-0.2, -0.15) is 0 Å². The Morgan fingerprint density at radius 3 is 3.25 bits per heavy atom. The van der Waals surface area contributed by atoms with Crippen LogP contribution in [0.15, 0.2) is 40.1 Å². The monoisotopic (exact) mass is 159 g/mol. The number of hydrogen-bond acceptors (Lipinski definition) is 1. The molecule has 0 saturated carbocycles. The molecular weight excluding hydrogens is 146 g/mol. The maximum atomic E-state index is 4.42. The van der Waals surface area contributed by atoms with Gasteiger partial charge in [0, 0.05) is 18.3 Å². The Hall–Kier alpha value is -1.11. The van der Waals surface area contributed by atoms with Crippen LogP contribution in [0.1, 0.15) is 26.2 Å². The quantitative estimate of drug-likeness (QED) is 0.515. The second-order valence-corrected chi connectivity index (χ2v) is 3.37. The van der Waals surface area contributed by atoms with Crippen LogP contribution in [0.4, 0.5) is 0 Å². The maximum absolute atomic E-state index is 4.42. The van der Waals surface area contributed by atoms with Gasteiger partial charge in [0.05, 0.1) is 0 Å². The van der Waals surface area contributed by atoms with Crippen LogP contribution in [-0.4, -0.2) is 6.21 Å². The Kier molecular flexibility index (Phi) is 1.94. The van der Waals surface area contributed by atoms with Crippen molar-refractivity contribution in [1.29, 1.82) is 0 Å². The molecule has 0 bridgehead atoms. The van der Waals surface area contributed by atoms with Crippen molar-refractivity contribution in [2.24, 2.45) is 4.99 Å². The fourth-order valence-electron chi connectivity index (χ4n) is 1.61. The van der Waals surface area contributed by atoms with Gasteiger partial charge in [0.2, 0.25) is 0 Å². The molecular formula is C11H13N. The second kappa shape index (κ2) is 3.10. The third-order valence-electron chi connectivity index (χ3n) is 2.29. The summed E-state index contributed by atoms with van der Waals surface area (Å²) in [6, 6.07) is 0. The topological polar surface area (TPSA) is 12.4 Å². The Balaban J connectivity index is 2.34. The highest BCUT2D eigenvalue weighted by atomic mass is 14.7. The minimum Gasteiger partial charge on any atom is -0.265 e. The summed E-state index contributed by atoms with van der Waals surface area (Å²) in [5.74, 6) is 0. The highest BCUT2D eigenvalue weighted by Crippen LogP contribution is 2.25. The van der Waals surface area contributed by atoms with Crippen LogP contribution in [0.2, 0.25) is 0 Å². The largest absolute Gasteiger partial charge is 0.265 e. The van der Waals surface area contributed by atoms with E-state index in [1.165, 1.54) is 16.8 Å². The van der Waals surface area contributed by atoms with Gasteiger partial charge in [-0.15, -0.1) is 0 Å². The number of rotatable bonds is 0. The molecule has 1 nitrogen and oxygen atoms in total. The fraction of sp³-hybridized carbons (Fsp3) is 0.364. The number of nitrogens with zero attached hydrogens (tertiary/aromatic N) is 1. The molecule has 1 heteroatoms. The molecule has 0 unspecified atom stereocenters. The highest BCUT2D eigenvalue weighted by Gasteiger charge is 2.08. The van der Waals surface area contributed by atoms with Crippen molar-refractivity contribution in [2.45, 2.75) is 26.2 Å². The lowest BCUT2D eigenvalue weighted by Gasteiger charge is -2.10. The molecule has 0 fully saturated rings. The van der Waals surface area contributed by atoms with E-state index in [0.29, 0.717) is 0 Å². The first-order valence-corrected chi connectivity index (χ1v) is 4.44. The Bertz CT molecular complexity index is 303. The Morgan fingerprint density at radius 2 is 2.33 bits per heavy atom. The van der Waals surface area contributed by atoms with Crippen molar-refractivity contribution < 1.29 is 0 Å². The molecule has 0 aromatic carbocycles. The first-order valence-electron chi connectivity index (χ1n) is 4.44. The molecule has 1 aliphatic heterocycles. The summed E-state index contributed by atoms with van der Waals surface area (Å²) in [4.78, 5) is 4.42. The lowest BCUT2D eigenvalue weighted by molar-refractivity contribution is 0.948. The molecule has 0 amide bonds. The first kappa shape index (κ1) is 7.53. The van der Waals surface area contributed by atoms with E-state index < -0.39 is 0 Å². The average Bonchev–Trinajstić information content (AvgIpc) is 2.25. The van der Waals surface area contributed by atoms with Crippen molar-refractivity contribution in [3.63, 3.8) is 0 Å². The fourth-order valence-corrected chi connectivity index (χ4v) is 1.61. The summed E-state index contributed by atoms with van der Waals surface area (Å²) in [5, 5.41) is 0. The molecule has 12 heavy (non-hydrogen) atoms. The molecule has 0 N–H and O–H groups in total. The van der Waals surface area contributed by atoms with Gasteiger partial charge >= 0.3 is 0 Å². The molecule has 0 aromatic heterocycles. The van der Waals surface area contributed by atoms with Crippen LogP contribution in [0, 0.1) is 0 Å². The molecule has 62 valence electrons. The van der Waals surface area contributed by atoms with Crippen molar-refractivity contribution in [2.75, 3.05) is 0 Å². The predicted octanol–water partition coefficient (Wildman–Crippen LogP) is 3.01. The first-order chi connectivity index (χ1) is 5.86. The van der Waals surface area contributed by atoms with E-state index in [4.69, 9.17) is 0 Å². The van der Waals surface area contributed by atoms with E-state index in [9.17, 15) is 0 Å². The summed E-state index contributed by atoms with van der Waals surface area (Å²) in [5.41, 5.74) is 4.09. The molecule has 1 heterocycles. The Labute approximate surface area is 73.2 Å². The van der Waals surface area contributed by atoms with Crippen molar-refractivity contribution in [3.8, 4) is 0 Å². The van der Waals surface area contributed by atoms with Crippen LogP contribution >= 0.6 is 0 Å². The highest BCUT2D eigenvalue weighted by molar-refractivity contribution is 5.63. The van der Waals surface area contributed by atoms with Crippen LogP contribution in [0.25, 0.3) is 0 Å². The van der Waals surface area contributed by atoms with Crippen molar-refractivity contribution in [1.82, 2.24) is 0 Å². The van der Waals surface area contributed by atoms with E-state index >= 15 is 0 Å². The third kappa shape index (κ3) is 1.40. The molecule has 0 saturated heterocycles. The van der Waals surface area contributed by atoms with Crippen LogP contribution in [0.3, 0.4) is 0 Å².